The highest BCUT2D eigenvalue weighted by Crippen LogP contribution is 2.33. The van der Waals surface area contributed by atoms with Crippen molar-refractivity contribution in [2.24, 2.45) is 0 Å². The number of hydrogen-bond acceptors (Lipinski definition) is 5. The molecule has 0 aliphatic carbocycles. The molecule has 0 bridgehead atoms. The third-order valence-electron chi connectivity index (χ3n) is 4.45. The molecule has 4 rings (SSSR count). The SMILES string of the molecule is Cc1ccc(C)c2sc(N3CCN(c4ccccn4)CC3)nc12. The highest BCUT2D eigenvalue weighted by molar-refractivity contribution is 7.22. The van der Waals surface area contributed by atoms with Gasteiger partial charge in [-0.1, -0.05) is 29.5 Å². The summed E-state index contributed by atoms with van der Waals surface area (Å²) in [7, 11) is 0. The Labute approximate surface area is 140 Å². The number of aryl methyl sites for hydroxylation is 2. The molecule has 1 fully saturated rings. The molecule has 0 radical (unpaired) electrons. The average Bonchev–Trinajstić information content (AvgIpc) is 3.06. The van der Waals surface area contributed by atoms with Gasteiger partial charge in [0.1, 0.15) is 5.82 Å². The molecule has 0 atom stereocenters. The van der Waals surface area contributed by atoms with Gasteiger partial charge in [0.05, 0.1) is 10.2 Å². The van der Waals surface area contributed by atoms with Gasteiger partial charge < -0.3 is 9.80 Å². The minimum Gasteiger partial charge on any atom is -0.353 e. The van der Waals surface area contributed by atoms with E-state index in [4.69, 9.17) is 4.98 Å². The van der Waals surface area contributed by atoms with Gasteiger partial charge in [-0.05, 0) is 37.1 Å². The Kier molecular flexibility index (Phi) is 3.65. The smallest absolute Gasteiger partial charge is 0.186 e. The molecule has 2 aromatic heterocycles. The Morgan fingerprint density at radius 2 is 1.65 bits per heavy atom. The fraction of sp³-hybridized carbons (Fsp3) is 0.333. The van der Waals surface area contributed by atoms with Crippen LogP contribution in [0.2, 0.25) is 0 Å². The summed E-state index contributed by atoms with van der Waals surface area (Å²) in [6.07, 6.45) is 1.86. The maximum absolute atomic E-state index is 4.90. The zero-order valence-electron chi connectivity index (χ0n) is 13.5. The van der Waals surface area contributed by atoms with Crippen LogP contribution in [0.1, 0.15) is 11.1 Å². The molecule has 0 unspecified atom stereocenters. The van der Waals surface area contributed by atoms with E-state index >= 15 is 0 Å². The molecule has 5 heteroatoms. The van der Waals surface area contributed by atoms with Crippen LogP contribution >= 0.6 is 11.3 Å². The van der Waals surface area contributed by atoms with E-state index in [1.54, 1.807) is 0 Å². The maximum atomic E-state index is 4.90. The van der Waals surface area contributed by atoms with Crippen LogP contribution in [0.4, 0.5) is 10.9 Å². The van der Waals surface area contributed by atoms with Gasteiger partial charge >= 0.3 is 0 Å². The van der Waals surface area contributed by atoms with E-state index in [1.165, 1.54) is 15.8 Å². The largest absolute Gasteiger partial charge is 0.353 e. The second kappa shape index (κ2) is 5.81. The number of anilines is 2. The Morgan fingerprint density at radius 3 is 2.35 bits per heavy atom. The van der Waals surface area contributed by atoms with E-state index in [2.05, 4.69) is 46.8 Å². The second-order valence-corrected chi connectivity index (χ2v) is 7.01. The van der Waals surface area contributed by atoms with E-state index in [0.717, 1.165) is 42.6 Å². The lowest BCUT2D eigenvalue weighted by Crippen LogP contribution is -2.46. The van der Waals surface area contributed by atoms with Crippen molar-refractivity contribution in [1.82, 2.24) is 9.97 Å². The third kappa shape index (κ3) is 2.65. The molecule has 0 spiro atoms. The van der Waals surface area contributed by atoms with E-state index in [9.17, 15) is 0 Å². The highest BCUT2D eigenvalue weighted by atomic mass is 32.1. The van der Waals surface area contributed by atoms with Crippen molar-refractivity contribution < 1.29 is 0 Å². The van der Waals surface area contributed by atoms with Crippen LogP contribution in [0.15, 0.2) is 36.5 Å². The number of rotatable bonds is 2. The standard InChI is InChI=1S/C18H20N4S/c1-13-6-7-14(2)17-16(13)20-18(23-17)22-11-9-21(10-12-22)15-5-3-4-8-19-15/h3-8H,9-12H2,1-2H3. The molecule has 3 aromatic rings. The van der Waals surface area contributed by atoms with Crippen LogP contribution in [0.25, 0.3) is 10.2 Å². The van der Waals surface area contributed by atoms with Crippen LogP contribution in [0.5, 0.6) is 0 Å². The zero-order chi connectivity index (χ0) is 15.8. The summed E-state index contributed by atoms with van der Waals surface area (Å²) in [6.45, 7) is 8.28. The average molecular weight is 324 g/mol. The predicted molar refractivity (Wildman–Crippen MR) is 97.8 cm³/mol. The number of piperazine rings is 1. The Hall–Kier alpha value is -2.14. The summed E-state index contributed by atoms with van der Waals surface area (Å²) in [5, 5.41) is 1.15. The number of aromatic nitrogens is 2. The molecule has 4 nitrogen and oxygen atoms in total. The molecule has 3 heterocycles. The molecular formula is C18H20N4S. The predicted octanol–water partition coefficient (Wildman–Crippen LogP) is 3.63. The summed E-state index contributed by atoms with van der Waals surface area (Å²) >= 11 is 1.82. The van der Waals surface area contributed by atoms with Gasteiger partial charge in [-0.3, -0.25) is 0 Å². The lowest BCUT2D eigenvalue weighted by atomic mass is 10.1. The van der Waals surface area contributed by atoms with Crippen molar-refractivity contribution >= 4 is 32.5 Å². The van der Waals surface area contributed by atoms with Crippen molar-refractivity contribution in [3.63, 3.8) is 0 Å². The van der Waals surface area contributed by atoms with Crippen LogP contribution in [-0.2, 0) is 0 Å². The first-order valence-electron chi connectivity index (χ1n) is 8.00. The minimum absolute atomic E-state index is 0.991. The zero-order valence-corrected chi connectivity index (χ0v) is 14.3. The number of nitrogens with zero attached hydrogens (tertiary/aromatic N) is 4. The van der Waals surface area contributed by atoms with Gasteiger partial charge in [0, 0.05) is 32.4 Å². The van der Waals surface area contributed by atoms with Gasteiger partial charge in [-0.25, -0.2) is 9.97 Å². The second-order valence-electron chi connectivity index (χ2n) is 6.04. The summed E-state index contributed by atoms with van der Waals surface area (Å²) in [5.41, 5.74) is 3.75. The lowest BCUT2D eigenvalue weighted by Gasteiger charge is -2.35. The number of fused-ring (bicyclic) bond motifs is 1. The van der Waals surface area contributed by atoms with E-state index in [1.807, 2.05) is 29.7 Å². The van der Waals surface area contributed by atoms with Gasteiger partial charge in [-0.2, -0.15) is 0 Å². The minimum atomic E-state index is 0.991. The van der Waals surface area contributed by atoms with Crippen LogP contribution in [-0.4, -0.2) is 36.1 Å². The lowest BCUT2D eigenvalue weighted by molar-refractivity contribution is 0.646. The summed E-state index contributed by atoms with van der Waals surface area (Å²) in [6, 6.07) is 10.5. The van der Waals surface area contributed by atoms with Crippen molar-refractivity contribution in [1.29, 1.82) is 0 Å². The topological polar surface area (TPSA) is 32.3 Å². The van der Waals surface area contributed by atoms with E-state index in [0.29, 0.717) is 0 Å². The highest BCUT2D eigenvalue weighted by Gasteiger charge is 2.21. The molecular weight excluding hydrogens is 304 g/mol. The molecule has 1 saturated heterocycles. The van der Waals surface area contributed by atoms with Crippen molar-refractivity contribution in [3.05, 3.63) is 47.7 Å². The Balaban J connectivity index is 1.55. The Bertz CT molecular complexity index is 781. The number of hydrogen-bond donors (Lipinski definition) is 0. The van der Waals surface area contributed by atoms with Gasteiger partial charge in [0.2, 0.25) is 0 Å². The van der Waals surface area contributed by atoms with Crippen LogP contribution in [0, 0.1) is 13.8 Å². The molecule has 0 amide bonds. The summed E-state index contributed by atoms with van der Waals surface area (Å²) in [4.78, 5) is 14.1. The molecule has 1 aliphatic rings. The first-order valence-corrected chi connectivity index (χ1v) is 8.82. The molecule has 1 aliphatic heterocycles. The first-order chi connectivity index (χ1) is 11.2. The molecule has 23 heavy (non-hydrogen) atoms. The van der Waals surface area contributed by atoms with Gasteiger partial charge in [0.25, 0.3) is 0 Å². The summed E-state index contributed by atoms with van der Waals surface area (Å²) < 4.78 is 1.33. The number of thiazole rings is 1. The third-order valence-corrected chi connectivity index (χ3v) is 5.71. The van der Waals surface area contributed by atoms with Crippen molar-refractivity contribution in [3.8, 4) is 0 Å². The Morgan fingerprint density at radius 1 is 0.913 bits per heavy atom. The fourth-order valence-electron chi connectivity index (χ4n) is 3.05. The number of pyridine rings is 1. The monoisotopic (exact) mass is 324 g/mol. The normalized spacial score (nSPS) is 15.4. The molecule has 1 aromatic carbocycles. The van der Waals surface area contributed by atoms with Crippen molar-refractivity contribution in [2.75, 3.05) is 36.0 Å². The molecule has 118 valence electrons. The van der Waals surface area contributed by atoms with E-state index in [-0.39, 0.29) is 0 Å². The van der Waals surface area contributed by atoms with Gasteiger partial charge in [0.15, 0.2) is 5.13 Å². The molecule has 0 N–H and O–H groups in total. The summed E-state index contributed by atoms with van der Waals surface area (Å²) in [5.74, 6) is 1.07. The van der Waals surface area contributed by atoms with Crippen molar-refractivity contribution in [2.45, 2.75) is 13.8 Å². The van der Waals surface area contributed by atoms with Crippen LogP contribution < -0.4 is 9.80 Å². The maximum Gasteiger partial charge on any atom is 0.186 e. The fourth-order valence-corrected chi connectivity index (χ4v) is 4.21. The van der Waals surface area contributed by atoms with Gasteiger partial charge in [-0.15, -0.1) is 0 Å². The molecule has 0 saturated carbocycles. The first kappa shape index (κ1) is 14.5. The van der Waals surface area contributed by atoms with E-state index < -0.39 is 0 Å². The van der Waals surface area contributed by atoms with Crippen LogP contribution in [0.3, 0.4) is 0 Å². The number of benzene rings is 1. The quantitative estimate of drug-likeness (QED) is 0.720.